The molecule has 1 aromatic rings. The molecule has 24 heavy (non-hydrogen) atoms. The van der Waals surface area contributed by atoms with Gasteiger partial charge in [0.1, 0.15) is 0 Å². The Morgan fingerprint density at radius 1 is 1.12 bits per heavy atom. The molecule has 1 saturated heterocycles. The number of carbonyl (C=O) groups is 1. The van der Waals surface area contributed by atoms with Crippen LogP contribution in [0, 0.1) is 5.92 Å². The molecule has 3 nitrogen and oxygen atoms in total. The molecule has 1 atom stereocenters. The number of hydrogen-bond donors (Lipinski definition) is 0. The molecule has 4 heteroatoms. The maximum Gasteiger partial charge on any atom is 0.224 e. The van der Waals surface area contributed by atoms with Gasteiger partial charge < -0.3 is 4.90 Å². The summed E-state index contributed by atoms with van der Waals surface area (Å²) in [5.74, 6) is 1.26. The normalized spacial score (nSPS) is 25.8. The lowest BCUT2D eigenvalue weighted by molar-refractivity contribution is -0.132. The van der Waals surface area contributed by atoms with Crippen molar-refractivity contribution in [3.8, 4) is 0 Å². The predicted molar refractivity (Wildman–Crippen MR) is 99.2 cm³/mol. The second-order valence-electron chi connectivity index (χ2n) is 7.83. The molecular weight excluding hydrogens is 316 g/mol. The number of thiophene rings is 1. The van der Waals surface area contributed by atoms with Gasteiger partial charge in [-0.2, -0.15) is 0 Å². The van der Waals surface area contributed by atoms with E-state index in [2.05, 4.69) is 21.2 Å². The Kier molecular flexibility index (Phi) is 5.23. The number of fused-ring (bicyclic) bond motifs is 1. The fourth-order valence-electron chi connectivity index (χ4n) is 5.04. The van der Waals surface area contributed by atoms with Crippen molar-refractivity contribution < 1.29 is 4.79 Å². The third-order valence-corrected chi connectivity index (χ3v) is 7.40. The van der Waals surface area contributed by atoms with E-state index in [-0.39, 0.29) is 0 Å². The van der Waals surface area contributed by atoms with E-state index in [4.69, 9.17) is 0 Å². The molecule has 0 bridgehead atoms. The minimum atomic E-state index is 0.362. The summed E-state index contributed by atoms with van der Waals surface area (Å²) in [7, 11) is 0. The molecule has 1 aliphatic carbocycles. The predicted octanol–water partition coefficient (Wildman–Crippen LogP) is 4.07. The molecule has 1 amide bonds. The largest absolute Gasteiger partial charge is 0.338 e. The van der Waals surface area contributed by atoms with E-state index in [1.807, 2.05) is 11.3 Å². The van der Waals surface area contributed by atoms with Crippen molar-refractivity contribution in [3.05, 3.63) is 21.9 Å². The van der Waals surface area contributed by atoms with Crippen LogP contribution in [-0.4, -0.2) is 41.4 Å². The molecule has 4 rings (SSSR count). The van der Waals surface area contributed by atoms with Gasteiger partial charge in [0.25, 0.3) is 0 Å². The Hall–Kier alpha value is -0.870. The Morgan fingerprint density at radius 2 is 2.00 bits per heavy atom. The Labute approximate surface area is 150 Å². The minimum Gasteiger partial charge on any atom is -0.338 e. The van der Waals surface area contributed by atoms with Crippen molar-refractivity contribution in [2.45, 2.75) is 70.4 Å². The van der Waals surface area contributed by atoms with Crippen molar-refractivity contribution in [2.75, 3.05) is 19.6 Å². The van der Waals surface area contributed by atoms with Crippen LogP contribution in [0.2, 0.25) is 0 Å². The van der Waals surface area contributed by atoms with Crippen LogP contribution >= 0.6 is 11.3 Å². The van der Waals surface area contributed by atoms with E-state index in [0.29, 0.717) is 12.3 Å². The molecule has 3 aliphatic rings. The zero-order valence-electron chi connectivity index (χ0n) is 14.7. The van der Waals surface area contributed by atoms with Crippen molar-refractivity contribution in [1.29, 1.82) is 0 Å². The van der Waals surface area contributed by atoms with Gasteiger partial charge in [0.05, 0.1) is 0 Å². The van der Waals surface area contributed by atoms with Crippen LogP contribution in [0.15, 0.2) is 11.4 Å². The first-order valence-corrected chi connectivity index (χ1v) is 10.8. The average Bonchev–Trinajstić information content (AvgIpc) is 3.28. The van der Waals surface area contributed by atoms with Crippen molar-refractivity contribution >= 4 is 17.2 Å². The summed E-state index contributed by atoms with van der Waals surface area (Å²) in [4.78, 5) is 18.9. The number of amides is 1. The molecule has 0 N–H and O–H groups in total. The Balaban J connectivity index is 1.29. The van der Waals surface area contributed by atoms with Crippen LogP contribution in [0.5, 0.6) is 0 Å². The monoisotopic (exact) mass is 346 g/mol. The van der Waals surface area contributed by atoms with Gasteiger partial charge in [-0.05, 0) is 61.6 Å². The molecule has 0 radical (unpaired) electrons. The second kappa shape index (κ2) is 7.57. The lowest BCUT2D eigenvalue weighted by Gasteiger charge is -2.34. The SMILES string of the molecule is O=C(CCN1CCC[C@@H]1C1CCCCC1)N1CCc2sccc2C1. The number of likely N-dealkylation sites (tertiary alicyclic amines) is 1. The fraction of sp³-hybridized carbons (Fsp3) is 0.750. The van der Waals surface area contributed by atoms with Crippen LogP contribution in [-0.2, 0) is 17.8 Å². The van der Waals surface area contributed by atoms with Gasteiger partial charge in [0.2, 0.25) is 5.91 Å². The summed E-state index contributed by atoms with van der Waals surface area (Å²) < 4.78 is 0. The zero-order valence-corrected chi connectivity index (χ0v) is 15.5. The first-order chi connectivity index (χ1) is 11.8. The lowest BCUT2D eigenvalue weighted by Crippen LogP contribution is -2.41. The first-order valence-electron chi connectivity index (χ1n) is 9.88. The second-order valence-corrected chi connectivity index (χ2v) is 8.83. The summed E-state index contributed by atoms with van der Waals surface area (Å²) >= 11 is 1.84. The van der Waals surface area contributed by atoms with E-state index in [1.54, 1.807) is 0 Å². The Morgan fingerprint density at radius 3 is 2.88 bits per heavy atom. The molecule has 1 saturated carbocycles. The minimum absolute atomic E-state index is 0.362. The third kappa shape index (κ3) is 3.55. The molecule has 2 aliphatic heterocycles. The zero-order chi connectivity index (χ0) is 16.4. The van der Waals surface area contributed by atoms with Crippen LogP contribution in [0.4, 0.5) is 0 Å². The van der Waals surface area contributed by atoms with Crippen molar-refractivity contribution in [2.24, 2.45) is 5.92 Å². The average molecular weight is 347 g/mol. The van der Waals surface area contributed by atoms with Crippen LogP contribution in [0.1, 0.15) is 61.8 Å². The molecule has 1 aromatic heterocycles. The number of hydrogen-bond acceptors (Lipinski definition) is 3. The lowest BCUT2D eigenvalue weighted by atomic mass is 9.83. The van der Waals surface area contributed by atoms with Gasteiger partial charge >= 0.3 is 0 Å². The highest BCUT2D eigenvalue weighted by Crippen LogP contribution is 2.34. The van der Waals surface area contributed by atoms with Gasteiger partial charge in [-0.15, -0.1) is 11.3 Å². The summed E-state index contributed by atoms with van der Waals surface area (Å²) in [6.07, 6.45) is 11.6. The van der Waals surface area contributed by atoms with Gasteiger partial charge in [0.15, 0.2) is 0 Å². The van der Waals surface area contributed by atoms with Crippen LogP contribution in [0.25, 0.3) is 0 Å². The van der Waals surface area contributed by atoms with Gasteiger partial charge in [0, 0.05) is 37.0 Å². The van der Waals surface area contributed by atoms with E-state index in [0.717, 1.165) is 38.0 Å². The summed E-state index contributed by atoms with van der Waals surface area (Å²) in [5, 5.41) is 2.16. The van der Waals surface area contributed by atoms with Crippen LogP contribution in [0.3, 0.4) is 0 Å². The number of carbonyl (C=O) groups excluding carboxylic acids is 1. The first kappa shape index (κ1) is 16.6. The highest BCUT2D eigenvalue weighted by atomic mass is 32.1. The standard InChI is InChI=1S/C20H30N2OS/c23-20(22-12-8-19-17(15-22)10-14-24-19)9-13-21-11-4-7-18(21)16-5-2-1-3-6-16/h10,14,16,18H,1-9,11-13,15H2/t18-/m1/s1. The van der Waals surface area contributed by atoms with E-state index in [9.17, 15) is 4.79 Å². The van der Waals surface area contributed by atoms with E-state index < -0.39 is 0 Å². The maximum atomic E-state index is 12.7. The van der Waals surface area contributed by atoms with Crippen molar-refractivity contribution in [1.82, 2.24) is 9.80 Å². The topological polar surface area (TPSA) is 23.6 Å². The molecule has 2 fully saturated rings. The van der Waals surface area contributed by atoms with Crippen molar-refractivity contribution in [3.63, 3.8) is 0 Å². The number of rotatable bonds is 4. The fourth-order valence-corrected chi connectivity index (χ4v) is 5.93. The maximum absolute atomic E-state index is 12.7. The van der Waals surface area contributed by atoms with Crippen LogP contribution < -0.4 is 0 Å². The van der Waals surface area contributed by atoms with Gasteiger partial charge in [-0.3, -0.25) is 9.69 Å². The van der Waals surface area contributed by atoms with Gasteiger partial charge in [-0.1, -0.05) is 19.3 Å². The van der Waals surface area contributed by atoms with E-state index >= 15 is 0 Å². The summed E-state index contributed by atoms with van der Waals surface area (Å²) in [5.41, 5.74) is 1.38. The number of nitrogens with zero attached hydrogens (tertiary/aromatic N) is 2. The molecular formula is C20H30N2OS. The summed E-state index contributed by atoms with van der Waals surface area (Å²) in [6, 6.07) is 2.96. The Bertz CT molecular complexity index is 564. The highest BCUT2D eigenvalue weighted by Gasteiger charge is 2.32. The summed E-state index contributed by atoms with van der Waals surface area (Å²) in [6.45, 7) is 3.94. The molecule has 132 valence electrons. The molecule has 0 unspecified atom stereocenters. The molecule has 3 heterocycles. The quantitative estimate of drug-likeness (QED) is 0.820. The molecule has 0 aromatic carbocycles. The third-order valence-electron chi connectivity index (χ3n) is 6.38. The highest BCUT2D eigenvalue weighted by molar-refractivity contribution is 7.10. The smallest absolute Gasteiger partial charge is 0.224 e. The molecule has 0 spiro atoms. The van der Waals surface area contributed by atoms with E-state index in [1.165, 1.54) is 61.9 Å². The van der Waals surface area contributed by atoms with Gasteiger partial charge in [-0.25, -0.2) is 0 Å².